The van der Waals surface area contributed by atoms with E-state index in [2.05, 4.69) is 24.5 Å². The Hall–Kier alpha value is -1.10. The summed E-state index contributed by atoms with van der Waals surface area (Å²) in [4.78, 5) is 22.9. The molecule has 2 aliphatic rings. The van der Waals surface area contributed by atoms with Crippen LogP contribution in [0.25, 0.3) is 0 Å². The molecule has 0 spiro atoms. The van der Waals surface area contributed by atoms with Gasteiger partial charge in [0.25, 0.3) is 0 Å². The van der Waals surface area contributed by atoms with Crippen LogP contribution in [0.3, 0.4) is 0 Å². The van der Waals surface area contributed by atoms with E-state index in [9.17, 15) is 9.59 Å². The normalized spacial score (nSPS) is 31.7. The zero-order valence-electron chi connectivity index (χ0n) is 11.1. The Labute approximate surface area is 108 Å². The molecule has 5 nitrogen and oxygen atoms in total. The quantitative estimate of drug-likeness (QED) is 0.758. The van der Waals surface area contributed by atoms with Gasteiger partial charge in [0, 0.05) is 32.0 Å². The average molecular weight is 254 g/mol. The zero-order valence-corrected chi connectivity index (χ0v) is 11.1. The molecule has 0 aromatic rings. The first-order chi connectivity index (χ1) is 8.58. The molecule has 2 saturated heterocycles. The lowest BCUT2D eigenvalue weighted by Gasteiger charge is -2.22. The number of hydrogen-bond acceptors (Lipinski definition) is 3. The Morgan fingerprint density at radius 1 is 1.56 bits per heavy atom. The molecule has 0 unspecified atom stereocenters. The number of carbonyl (C=O) groups is 2. The Bertz CT molecular complexity index is 330. The highest BCUT2D eigenvalue weighted by atomic mass is 16.5. The highest BCUT2D eigenvalue weighted by Crippen LogP contribution is 2.26. The van der Waals surface area contributed by atoms with Gasteiger partial charge in [-0.15, -0.1) is 0 Å². The molecule has 2 amide bonds. The topological polar surface area (TPSA) is 67.4 Å². The largest absolute Gasteiger partial charge is 0.378 e. The number of hydrogen-bond donors (Lipinski definition) is 2. The second-order valence-corrected chi connectivity index (χ2v) is 5.58. The molecule has 0 aliphatic carbocycles. The second kappa shape index (κ2) is 5.69. The van der Waals surface area contributed by atoms with Crippen molar-refractivity contribution in [3.63, 3.8) is 0 Å². The van der Waals surface area contributed by atoms with Gasteiger partial charge in [-0.05, 0) is 12.3 Å². The molecule has 2 rings (SSSR count). The number of rotatable bonds is 4. The van der Waals surface area contributed by atoms with Gasteiger partial charge < -0.3 is 15.4 Å². The Balaban J connectivity index is 1.77. The standard InChI is InChI=1S/C13H22N2O3/c1-8(2)12-9(3-4-18-12)6-15-13(17)10-5-11(16)14-7-10/h8-10,12H,3-7H2,1-2H3,(H,14,16)(H,15,17)/t9-,10-,12-/m1/s1. The van der Waals surface area contributed by atoms with Crippen molar-refractivity contribution in [2.45, 2.75) is 32.8 Å². The molecule has 2 heterocycles. The van der Waals surface area contributed by atoms with Crippen molar-refractivity contribution >= 4 is 11.8 Å². The van der Waals surface area contributed by atoms with Crippen LogP contribution in [0.2, 0.25) is 0 Å². The van der Waals surface area contributed by atoms with Crippen LogP contribution in [0.4, 0.5) is 0 Å². The first-order valence-electron chi connectivity index (χ1n) is 6.74. The predicted octanol–water partition coefficient (Wildman–Crippen LogP) is 0.300. The molecule has 0 bridgehead atoms. The lowest BCUT2D eigenvalue weighted by atomic mass is 9.93. The van der Waals surface area contributed by atoms with Crippen LogP contribution in [-0.4, -0.2) is 37.6 Å². The monoisotopic (exact) mass is 254 g/mol. The number of amides is 2. The minimum Gasteiger partial charge on any atom is -0.378 e. The van der Waals surface area contributed by atoms with Crippen LogP contribution >= 0.6 is 0 Å². The number of nitrogens with one attached hydrogen (secondary N) is 2. The van der Waals surface area contributed by atoms with E-state index in [1.165, 1.54) is 0 Å². The van der Waals surface area contributed by atoms with E-state index >= 15 is 0 Å². The molecule has 2 fully saturated rings. The van der Waals surface area contributed by atoms with Crippen LogP contribution in [0.5, 0.6) is 0 Å². The molecule has 0 aromatic heterocycles. The minimum absolute atomic E-state index is 0.0113. The summed E-state index contributed by atoms with van der Waals surface area (Å²) in [7, 11) is 0. The first kappa shape index (κ1) is 13.3. The summed E-state index contributed by atoms with van der Waals surface area (Å²) in [5.74, 6) is 0.641. The van der Waals surface area contributed by atoms with Gasteiger partial charge in [0.15, 0.2) is 0 Å². The Morgan fingerprint density at radius 3 is 2.94 bits per heavy atom. The summed E-state index contributed by atoms with van der Waals surface area (Å²) in [6, 6.07) is 0. The van der Waals surface area contributed by atoms with Crippen molar-refractivity contribution in [1.29, 1.82) is 0 Å². The van der Waals surface area contributed by atoms with Crippen molar-refractivity contribution in [2.75, 3.05) is 19.7 Å². The van der Waals surface area contributed by atoms with E-state index in [4.69, 9.17) is 4.74 Å². The summed E-state index contributed by atoms with van der Waals surface area (Å²) in [5.41, 5.74) is 0. The summed E-state index contributed by atoms with van der Waals surface area (Å²) >= 11 is 0. The van der Waals surface area contributed by atoms with Gasteiger partial charge in [0.2, 0.25) is 11.8 Å². The third-order valence-electron chi connectivity index (χ3n) is 3.81. The maximum Gasteiger partial charge on any atom is 0.225 e. The summed E-state index contributed by atoms with van der Waals surface area (Å²) in [5, 5.41) is 5.64. The van der Waals surface area contributed by atoms with E-state index in [0.717, 1.165) is 13.0 Å². The van der Waals surface area contributed by atoms with Gasteiger partial charge in [0.1, 0.15) is 0 Å². The molecular weight excluding hydrogens is 232 g/mol. The summed E-state index contributed by atoms with van der Waals surface area (Å²) < 4.78 is 5.68. The SMILES string of the molecule is CC(C)[C@H]1OCC[C@@H]1CNC(=O)[C@H]1CNC(=O)C1. The highest BCUT2D eigenvalue weighted by molar-refractivity contribution is 5.89. The van der Waals surface area contributed by atoms with Crippen LogP contribution in [0, 0.1) is 17.8 Å². The predicted molar refractivity (Wildman–Crippen MR) is 66.8 cm³/mol. The van der Waals surface area contributed by atoms with Gasteiger partial charge in [-0.3, -0.25) is 9.59 Å². The van der Waals surface area contributed by atoms with E-state index in [1.54, 1.807) is 0 Å². The molecule has 2 aliphatic heterocycles. The third-order valence-corrected chi connectivity index (χ3v) is 3.81. The van der Waals surface area contributed by atoms with Gasteiger partial charge in [-0.2, -0.15) is 0 Å². The molecule has 3 atom stereocenters. The molecular formula is C13H22N2O3. The number of ether oxygens (including phenoxy) is 1. The molecule has 0 radical (unpaired) electrons. The minimum atomic E-state index is -0.197. The van der Waals surface area contributed by atoms with Gasteiger partial charge in [-0.25, -0.2) is 0 Å². The molecule has 102 valence electrons. The Morgan fingerprint density at radius 2 is 2.33 bits per heavy atom. The second-order valence-electron chi connectivity index (χ2n) is 5.58. The van der Waals surface area contributed by atoms with E-state index in [-0.39, 0.29) is 23.8 Å². The molecule has 0 aromatic carbocycles. The maximum atomic E-state index is 11.9. The van der Waals surface area contributed by atoms with Crippen LogP contribution < -0.4 is 10.6 Å². The van der Waals surface area contributed by atoms with Crippen LogP contribution in [0.15, 0.2) is 0 Å². The Kier molecular flexibility index (Phi) is 4.22. The van der Waals surface area contributed by atoms with Gasteiger partial charge >= 0.3 is 0 Å². The van der Waals surface area contributed by atoms with Crippen LogP contribution in [0.1, 0.15) is 26.7 Å². The van der Waals surface area contributed by atoms with Crippen molar-refractivity contribution in [1.82, 2.24) is 10.6 Å². The first-order valence-corrected chi connectivity index (χ1v) is 6.74. The lowest BCUT2D eigenvalue weighted by molar-refractivity contribution is -0.126. The van der Waals surface area contributed by atoms with E-state index in [1.807, 2.05) is 0 Å². The fourth-order valence-corrected chi connectivity index (χ4v) is 2.78. The highest BCUT2D eigenvalue weighted by Gasteiger charge is 2.32. The van der Waals surface area contributed by atoms with E-state index < -0.39 is 0 Å². The molecule has 5 heteroatoms. The van der Waals surface area contributed by atoms with Crippen LogP contribution in [-0.2, 0) is 14.3 Å². The molecule has 0 saturated carbocycles. The third kappa shape index (κ3) is 3.02. The smallest absolute Gasteiger partial charge is 0.225 e. The van der Waals surface area contributed by atoms with Crippen molar-refractivity contribution in [3.05, 3.63) is 0 Å². The maximum absolute atomic E-state index is 11.9. The van der Waals surface area contributed by atoms with Gasteiger partial charge in [0.05, 0.1) is 12.0 Å². The summed E-state index contributed by atoms with van der Waals surface area (Å²) in [6.45, 7) is 6.20. The van der Waals surface area contributed by atoms with Crippen molar-refractivity contribution in [2.24, 2.45) is 17.8 Å². The lowest BCUT2D eigenvalue weighted by Crippen LogP contribution is -2.38. The summed E-state index contributed by atoms with van der Waals surface area (Å²) in [6.07, 6.45) is 1.57. The molecule has 18 heavy (non-hydrogen) atoms. The fraction of sp³-hybridized carbons (Fsp3) is 0.846. The fourth-order valence-electron chi connectivity index (χ4n) is 2.78. The zero-order chi connectivity index (χ0) is 13.1. The van der Waals surface area contributed by atoms with Crippen molar-refractivity contribution < 1.29 is 14.3 Å². The average Bonchev–Trinajstić information content (AvgIpc) is 2.94. The van der Waals surface area contributed by atoms with E-state index in [0.29, 0.717) is 31.3 Å². The van der Waals surface area contributed by atoms with Gasteiger partial charge in [-0.1, -0.05) is 13.8 Å². The molecule has 2 N–H and O–H groups in total. The van der Waals surface area contributed by atoms with Crippen molar-refractivity contribution in [3.8, 4) is 0 Å². The number of carbonyl (C=O) groups excluding carboxylic acids is 2.